The van der Waals surface area contributed by atoms with Gasteiger partial charge in [0, 0.05) is 12.4 Å². The first-order valence-electron chi connectivity index (χ1n) is 4.29. The van der Waals surface area contributed by atoms with Crippen LogP contribution >= 0.6 is 0 Å². The van der Waals surface area contributed by atoms with Crippen molar-refractivity contribution in [1.82, 2.24) is 9.55 Å². The standard InChI is InChI=1S/C10H8F2N2O/c11-10(12)15-9-4-2-1-3-8(9)14-6-5-13-7-14/h1-7,10H. The van der Waals surface area contributed by atoms with Gasteiger partial charge in [-0.2, -0.15) is 8.78 Å². The minimum absolute atomic E-state index is 0.130. The Labute approximate surface area is 84.9 Å². The third-order valence-electron chi connectivity index (χ3n) is 1.86. The zero-order valence-corrected chi connectivity index (χ0v) is 7.68. The molecule has 1 aromatic heterocycles. The Morgan fingerprint density at radius 1 is 1.27 bits per heavy atom. The van der Waals surface area contributed by atoms with Crippen LogP contribution in [0.5, 0.6) is 5.75 Å². The third-order valence-corrected chi connectivity index (χ3v) is 1.86. The number of rotatable bonds is 3. The SMILES string of the molecule is FC(F)Oc1ccccc1-n1ccnc1. The van der Waals surface area contributed by atoms with E-state index in [0.717, 1.165) is 0 Å². The zero-order valence-electron chi connectivity index (χ0n) is 7.68. The van der Waals surface area contributed by atoms with Gasteiger partial charge in [-0.3, -0.25) is 0 Å². The van der Waals surface area contributed by atoms with Crippen molar-refractivity contribution in [2.45, 2.75) is 6.61 Å². The smallest absolute Gasteiger partial charge is 0.387 e. The van der Waals surface area contributed by atoms with Crippen LogP contribution in [0.3, 0.4) is 0 Å². The average molecular weight is 210 g/mol. The van der Waals surface area contributed by atoms with E-state index in [1.165, 1.54) is 12.4 Å². The van der Waals surface area contributed by atoms with Crippen molar-refractivity contribution in [2.24, 2.45) is 0 Å². The lowest BCUT2D eigenvalue weighted by atomic mass is 10.3. The summed E-state index contributed by atoms with van der Waals surface area (Å²) in [6.07, 6.45) is 4.75. The number of aromatic nitrogens is 2. The molecule has 0 aliphatic rings. The number of hydrogen-bond acceptors (Lipinski definition) is 2. The third kappa shape index (κ3) is 2.12. The van der Waals surface area contributed by atoms with Crippen LogP contribution in [-0.4, -0.2) is 16.2 Å². The van der Waals surface area contributed by atoms with Crippen LogP contribution in [0.4, 0.5) is 8.78 Å². The second kappa shape index (κ2) is 4.08. The van der Waals surface area contributed by atoms with Gasteiger partial charge in [-0.25, -0.2) is 4.98 Å². The maximum Gasteiger partial charge on any atom is 0.387 e. The van der Waals surface area contributed by atoms with Crippen molar-refractivity contribution >= 4 is 0 Å². The molecular formula is C10H8F2N2O. The minimum Gasteiger partial charge on any atom is -0.433 e. The van der Waals surface area contributed by atoms with E-state index >= 15 is 0 Å². The molecular weight excluding hydrogens is 202 g/mol. The molecule has 0 radical (unpaired) electrons. The minimum atomic E-state index is -2.82. The summed E-state index contributed by atoms with van der Waals surface area (Å²) < 4.78 is 30.2. The van der Waals surface area contributed by atoms with Crippen molar-refractivity contribution in [1.29, 1.82) is 0 Å². The van der Waals surface area contributed by atoms with Crippen LogP contribution in [0, 0.1) is 0 Å². The Morgan fingerprint density at radius 3 is 2.73 bits per heavy atom. The zero-order chi connectivity index (χ0) is 10.7. The summed E-state index contributed by atoms with van der Waals surface area (Å²) in [5, 5.41) is 0. The van der Waals surface area contributed by atoms with Crippen LogP contribution in [-0.2, 0) is 0 Å². The number of halogens is 2. The molecule has 0 bridgehead atoms. The Balaban J connectivity index is 2.38. The molecule has 2 aromatic rings. The quantitative estimate of drug-likeness (QED) is 0.778. The lowest BCUT2D eigenvalue weighted by Gasteiger charge is -2.10. The second-order valence-electron chi connectivity index (χ2n) is 2.82. The van der Waals surface area contributed by atoms with Crippen molar-refractivity contribution in [2.75, 3.05) is 0 Å². The maximum absolute atomic E-state index is 12.1. The summed E-state index contributed by atoms with van der Waals surface area (Å²) in [5.74, 6) is 0.130. The van der Waals surface area contributed by atoms with Gasteiger partial charge in [-0.1, -0.05) is 12.1 Å². The summed E-state index contributed by atoms with van der Waals surface area (Å²) in [5.41, 5.74) is 0.537. The fraction of sp³-hybridized carbons (Fsp3) is 0.100. The number of alkyl halides is 2. The van der Waals surface area contributed by atoms with Crippen molar-refractivity contribution in [3.8, 4) is 11.4 Å². The van der Waals surface area contributed by atoms with Gasteiger partial charge in [-0.15, -0.1) is 0 Å². The largest absolute Gasteiger partial charge is 0.433 e. The van der Waals surface area contributed by atoms with Crippen LogP contribution in [0.1, 0.15) is 0 Å². The van der Waals surface area contributed by atoms with E-state index in [-0.39, 0.29) is 5.75 Å². The predicted molar refractivity (Wildman–Crippen MR) is 50.2 cm³/mol. The van der Waals surface area contributed by atoms with Gasteiger partial charge in [0.15, 0.2) is 0 Å². The van der Waals surface area contributed by atoms with Gasteiger partial charge >= 0.3 is 6.61 Å². The molecule has 78 valence electrons. The Hall–Kier alpha value is -1.91. The van der Waals surface area contributed by atoms with E-state index < -0.39 is 6.61 Å². The summed E-state index contributed by atoms with van der Waals surface area (Å²) >= 11 is 0. The second-order valence-corrected chi connectivity index (χ2v) is 2.82. The molecule has 15 heavy (non-hydrogen) atoms. The van der Waals surface area contributed by atoms with Gasteiger partial charge in [-0.05, 0) is 12.1 Å². The molecule has 0 fully saturated rings. The molecule has 1 heterocycles. The Kier molecular flexibility index (Phi) is 2.62. The average Bonchev–Trinajstić information content (AvgIpc) is 2.70. The number of ether oxygens (including phenoxy) is 1. The lowest BCUT2D eigenvalue weighted by Crippen LogP contribution is -2.05. The molecule has 0 unspecified atom stereocenters. The van der Waals surface area contributed by atoms with E-state index in [4.69, 9.17) is 0 Å². The first kappa shape index (κ1) is 9.64. The van der Waals surface area contributed by atoms with Crippen molar-refractivity contribution in [3.63, 3.8) is 0 Å². The number of nitrogens with zero attached hydrogens (tertiary/aromatic N) is 2. The Bertz CT molecular complexity index is 429. The van der Waals surface area contributed by atoms with Gasteiger partial charge in [0.2, 0.25) is 0 Å². The summed E-state index contributed by atoms with van der Waals surface area (Å²) in [4.78, 5) is 3.84. The van der Waals surface area contributed by atoms with Crippen LogP contribution in [0.15, 0.2) is 43.0 Å². The lowest BCUT2D eigenvalue weighted by molar-refractivity contribution is -0.0498. The van der Waals surface area contributed by atoms with Gasteiger partial charge < -0.3 is 9.30 Å². The van der Waals surface area contributed by atoms with E-state index in [2.05, 4.69) is 9.72 Å². The first-order valence-corrected chi connectivity index (χ1v) is 4.29. The van der Waals surface area contributed by atoms with Gasteiger partial charge in [0.25, 0.3) is 0 Å². The molecule has 0 saturated carbocycles. The van der Waals surface area contributed by atoms with E-state index in [1.54, 1.807) is 35.2 Å². The highest BCUT2D eigenvalue weighted by atomic mass is 19.3. The molecule has 0 N–H and O–H groups in total. The number of imidazole rings is 1. The van der Waals surface area contributed by atoms with E-state index in [1.807, 2.05) is 0 Å². The van der Waals surface area contributed by atoms with Gasteiger partial charge in [0.05, 0.1) is 12.0 Å². The topological polar surface area (TPSA) is 27.1 Å². The number of para-hydroxylation sites is 2. The molecule has 5 heteroatoms. The van der Waals surface area contributed by atoms with Crippen LogP contribution in [0.25, 0.3) is 5.69 Å². The molecule has 0 amide bonds. The summed E-state index contributed by atoms with van der Waals surface area (Å²) in [6, 6.07) is 6.55. The Morgan fingerprint density at radius 2 is 2.07 bits per heavy atom. The number of hydrogen-bond donors (Lipinski definition) is 0. The molecule has 0 spiro atoms. The molecule has 1 aromatic carbocycles. The van der Waals surface area contributed by atoms with Crippen molar-refractivity contribution in [3.05, 3.63) is 43.0 Å². The fourth-order valence-corrected chi connectivity index (χ4v) is 1.27. The summed E-state index contributed by atoms with van der Waals surface area (Å²) in [7, 11) is 0. The van der Waals surface area contributed by atoms with Crippen molar-refractivity contribution < 1.29 is 13.5 Å². The normalized spacial score (nSPS) is 10.6. The molecule has 0 saturated heterocycles. The number of benzene rings is 1. The van der Waals surface area contributed by atoms with Crippen LogP contribution < -0.4 is 4.74 Å². The molecule has 3 nitrogen and oxygen atoms in total. The predicted octanol–water partition coefficient (Wildman–Crippen LogP) is 2.47. The molecule has 2 rings (SSSR count). The molecule has 0 atom stereocenters. The highest BCUT2D eigenvalue weighted by Crippen LogP contribution is 2.23. The maximum atomic E-state index is 12.1. The molecule has 0 aliphatic heterocycles. The highest BCUT2D eigenvalue weighted by Gasteiger charge is 2.09. The van der Waals surface area contributed by atoms with E-state index in [0.29, 0.717) is 5.69 Å². The first-order chi connectivity index (χ1) is 7.27. The highest BCUT2D eigenvalue weighted by molar-refractivity contribution is 5.46. The van der Waals surface area contributed by atoms with E-state index in [9.17, 15) is 8.78 Å². The fourth-order valence-electron chi connectivity index (χ4n) is 1.27. The van der Waals surface area contributed by atoms with Gasteiger partial charge in [0.1, 0.15) is 5.75 Å². The van der Waals surface area contributed by atoms with Crippen LogP contribution in [0.2, 0.25) is 0 Å². The summed E-state index contributed by atoms with van der Waals surface area (Å²) in [6.45, 7) is -2.82. The monoisotopic (exact) mass is 210 g/mol. The molecule has 0 aliphatic carbocycles.